The fraction of sp³-hybridized carbons (Fsp3) is 0.929. The van der Waals surface area contributed by atoms with Crippen LogP contribution in [0.25, 0.3) is 0 Å². The van der Waals surface area contributed by atoms with Crippen LogP contribution < -0.4 is 0 Å². The highest BCUT2D eigenvalue weighted by molar-refractivity contribution is 5.73. The van der Waals surface area contributed by atoms with Crippen molar-refractivity contribution in [3.63, 3.8) is 0 Å². The Kier molecular flexibility index (Phi) is 2.90. The van der Waals surface area contributed by atoms with Crippen LogP contribution in [0.4, 0.5) is 0 Å². The van der Waals surface area contributed by atoms with Crippen LogP contribution in [0.15, 0.2) is 0 Å². The van der Waals surface area contributed by atoms with Crippen molar-refractivity contribution >= 4 is 5.97 Å². The number of hydrogen-bond donors (Lipinski definition) is 1. The fourth-order valence-electron chi connectivity index (χ4n) is 4.03. The predicted molar refractivity (Wildman–Crippen MR) is 64.3 cm³/mol. The molecule has 2 saturated heterocycles. The molecule has 3 aliphatic rings. The van der Waals surface area contributed by atoms with Gasteiger partial charge in [-0.1, -0.05) is 13.3 Å². The van der Waals surface area contributed by atoms with Gasteiger partial charge in [0.05, 0.1) is 5.92 Å². The van der Waals surface area contributed by atoms with Crippen molar-refractivity contribution in [2.45, 2.75) is 58.0 Å². The number of aliphatic hydroxyl groups is 1. The van der Waals surface area contributed by atoms with Crippen LogP contribution >= 0.6 is 0 Å². The molecule has 0 aromatic rings. The molecule has 4 nitrogen and oxygen atoms in total. The van der Waals surface area contributed by atoms with E-state index in [1.165, 1.54) is 12.8 Å². The van der Waals surface area contributed by atoms with Crippen molar-refractivity contribution in [3.8, 4) is 0 Å². The molecule has 1 aliphatic carbocycles. The number of rotatable bonds is 0. The summed E-state index contributed by atoms with van der Waals surface area (Å²) in [5.74, 6) is -0.184. The number of hydrogen-bond acceptors (Lipinski definition) is 4. The second-order valence-electron chi connectivity index (χ2n) is 6.36. The van der Waals surface area contributed by atoms with Gasteiger partial charge in [0.25, 0.3) is 0 Å². The van der Waals surface area contributed by atoms with Gasteiger partial charge in [0, 0.05) is 12.3 Å². The third-order valence-electron chi connectivity index (χ3n) is 5.06. The summed E-state index contributed by atoms with van der Waals surface area (Å²) < 4.78 is 11.1. The van der Waals surface area contributed by atoms with E-state index in [1.54, 1.807) is 6.92 Å². The normalized spacial score (nSPS) is 52.2. The first kappa shape index (κ1) is 12.4. The molecule has 0 radical (unpaired) electrons. The molecule has 2 heterocycles. The lowest BCUT2D eigenvalue weighted by atomic mass is 9.65. The summed E-state index contributed by atoms with van der Waals surface area (Å²) in [7, 11) is 0. The molecule has 1 saturated carbocycles. The maximum atomic E-state index is 11.9. The second kappa shape index (κ2) is 4.20. The summed E-state index contributed by atoms with van der Waals surface area (Å²) in [5.41, 5.74) is 0. The molecule has 0 amide bonds. The highest BCUT2D eigenvalue weighted by Gasteiger charge is 2.52. The molecule has 1 N–H and O–H groups in total. The van der Waals surface area contributed by atoms with Crippen LogP contribution in [0.3, 0.4) is 0 Å². The van der Waals surface area contributed by atoms with E-state index in [9.17, 15) is 9.90 Å². The number of ether oxygens (including phenoxy) is 2. The summed E-state index contributed by atoms with van der Waals surface area (Å²) in [6.07, 6.45) is 4.48. The SMILES string of the molecule is CC1C(=O)OC2OC(C)(O)CCC3CCCC1C32. The highest BCUT2D eigenvalue weighted by Crippen LogP contribution is 2.49. The van der Waals surface area contributed by atoms with E-state index in [1.807, 2.05) is 6.92 Å². The van der Waals surface area contributed by atoms with Gasteiger partial charge in [0.1, 0.15) is 0 Å². The molecule has 18 heavy (non-hydrogen) atoms. The van der Waals surface area contributed by atoms with Gasteiger partial charge in [-0.05, 0) is 38.0 Å². The van der Waals surface area contributed by atoms with Crippen molar-refractivity contribution in [1.29, 1.82) is 0 Å². The Labute approximate surface area is 108 Å². The van der Waals surface area contributed by atoms with Crippen LogP contribution in [0.1, 0.15) is 46.0 Å². The zero-order valence-corrected chi connectivity index (χ0v) is 11.1. The molecule has 3 rings (SSSR count). The fourth-order valence-corrected chi connectivity index (χ4v) is 4.03. The minimum absolute atomic E-state index is 0.0271. The van der Waals surface area contributed by atoms with Crippen molar-refractivity contribution in [2.75, 3.05) is 0 Å². The van der Waals surface area contributed by atoms with Gasteiger partial charge in [-0.25, -0.2) is 0 Å². The Balaban J connectivity index is 1.92. The van der Waals surface area contributed by atoms with Gasteiger partial charge in [0.2, 0.25) is 6.29 Å². The van der Waals surface area contributed by atoms with Crippen LogP contribution in [0.2, 0.25) is 0 Å². The van der Waals surface area contributed by atoms with Gasteiger partial charge in [-0.2, -0.15) is 0 Å². The maximum absolute atomic E-state index is 11.9. The predicted octanol–water partition coefficient (Wildman–Crippen LogP) is 2.06. The number of carbonyl (C=O) groups is 1. The van der Waals surface area contributed by atoms with Crippen molar-refractivity contribution in [3.05, 3.63) is 0 Å². The molecule has 6 atom stereocenters. The van der Waals surface area contributed by atoms with E-state index in [-0.39, 0.29) is 17.8 Å². The van der Waals surface area contributed by atoms with E-state index >= 15 is 0 Å². The molecular formula is C14H22O4. The smallest absolute Gasteiger partial charge is 0.311 e. The molecule has 102 valence electrons. The van der Waals surface area contributed by atoms with E-state index < -0.39 is 12.1 Å². The summed E-state index contributed by atoms with van der Waals surface area (Å²) in [5, 5.41) is 10.2. The third-order valence-corrected chi connectivity index (χ3v) is 5.06. The van der Waals surface area contributed by atoms with Gasteiger partial charge in [-0.3, -0.25) is 4.79 Å². The van der Waals surface area contributed by atoms with Crippen molar-refractivity contribution < 1.29 is 19.4 Å². The molecule has 0 bridgehead atoms. The maximum Gasteiger partial charge on any atom is 0.311 e. The van der Waals surface area contributed by atoms with Crippen LogP contribution in [-0.2, 0) is 14.3 Å². The largest absolute Gasteiger partial charge is 0.435 e. The zero-order valence-electron chi connectivity index (χ0n) is 11.1. The van der Waals surface area contributed by atoms with Gasteiger partial charge in [-0.15, -0.1) is 0 Å². The Morgan fingerprint density at radius 3 is 2.89 bits per heavy atom. The standard InChI is InChI=1S/C14H22O4/c1-8-10-5-3-4-9-6-7-14(2,16)18-13(11(9)10)17-12(8)15/h8-11,13,16H,3-7H2,1-2H3. The Bertz CT molecular complexity index is 352. The van der Waals surface area contributed by atoms with Crippen molar-refractivity contribution in [2.24, 2.45) is 23.7 Å². The van der Waals surface area contributed by atoms with Crippen LogP contribution in [0, 0.1) is 23.7 Å². The van der Waals surface area contributed by atoms with E-state index in [2.05, 4.69) is 0 Å². The molecule has 2 aliphatic heterocycles. The topological polar surface area (TPSA) is 55.8 Å². The zero-order chi connectivity index (χ0) is 12.9. The summed E-state index contributed by atoms with van der Waals surface area (Å²) >= 11 is 0. The van der Waals surface area contributed by atoms with Crippen LogP contribution in [0.5, 0.6) is 0 Å². The van der Waals surface area contributed by atoms with Gasteiger partial charge < -0.3 is 14.6 Å². The first-order valence-electron chi connectivity index (χ1n) is 7.09. The lowest BCUT2D eigenvalue weighted by Gasteiger charge is -2.46. The Hall–Kier alpha value is -0.610. The van der Waals surface area contributed by atoms with Gasteiger partial charge in [0.15, 0.2) is 5.79 Å². The molecule has 6 unspecified atom stereocenters. The van der Waals surface area contributed by atoms with Gasteiger partial charge >= 0.3 is 5.97 Å². The second-order valence-corrected chi connectivity index (χ2v) is 6.36. The summed E-state index contributed by atoms with van der Waals surface area (Å²) in [6.45, 7) is 3.64. The summed E-state index contributed by atoms with van der Waals surface area (Å²) in [4.78, 5) is 11.9. The molecule has 4 heteroatoms. The van der Waals surface area contributed by atoms with Crippen molar-refractivity contribution in [1.82, 2.24) is 0 Å². The monoisotopic (exact) mass is 254 g/mol. The van der Waals surface area contributed by atoms with Crippen LogP contribution in [-0.4, -0.2) is 23.2 Å². The molecule has 0 aromatic carbocycles. The molecule has 0 aromatic heterocycles. The summed E-state index contributed by atoms with van der Waals surface area (Å²) in [6, 6.07) is 0. The Morgan fingerprint density at radius 1 is 1.33 bits per heavy atom. The lowest BCUT2D eigenvalue weighted by Crippen LogP contribution is -2.50. The first-order valence-corrected chi connectivity index (χ1v) is 7.09. The van der Waals surface area contributed by atoms with E-state index in [4.69, 9.17) is 9.47 Å². The molecular weight excluding hydrogens is 232 g/mol. The molecule has 0 spiro atoms. The minimum Gasteiger partial charge on any atom is -0.435 e. The average molecular weight is 254 g/mol. The van der Waals surface area contributed by atoms with E-state index in [0.29, 0.717) is 18.3 Å². The average Bonchev–Trinajstić information content (AvgIpc) is 2.44. The quantitative estimate of drug-likeness (QED) is 0.672. The number of carbonyl (C=O) groups excluding carboxylic acids is 1. The minimum atomic E-state index is -1.16. The molecule has 3 fully saturated rings. The number of esters is 1. The van der Waals surface area contributed by atoms with E-state index in [0.717, 1.165) is 12.8 Å². The third kappa shape index (κ3) is 1.95. The lowest BCUT2D eigenvalue weighted by molar-refractivity contribution is -0.303. The first-order chi connectivity index (χ1) is 8.48. The highest BCUT2D eigenvalue weighted by atomic mass is 16.8. The Morgan fingerprint density at radius 2 is 2.11 bits per heavy atom.